The number of primary amides is 1. The van der Waals surface area contributed by atoms with E-state index in [2.05, 4.69) is 9.56 Å². The fraction of sp³-hybridized carbons (Fsp3) is 0.588. The van der Waals surface area contributed by atoms with Gasteiger partial charge in [-0.05, 0) is 39.5 Å². The number of aromatic nitrogens is 2. The molecule has 1 aliphatic carbocycles. The zero-order valence-corrected chi connectivity index (χ0v) is 15.2. The summed E-state index contributed by atoms with van der Waals surface area (Å²) in [5.41, 5.74) is 7.26. The molecular formula is C17H23N6O3+. The number of nitrogens with zero attached hydrogens (tertiary/aromatic N) is 5. The molecule has 2 fully saturated rings. The van der Waals surface area contributed by atoms with Crippen molar-refractivity contribution in [2.45, 2.75) is 51.6 Å². The molecule has 26 heavy (non-hydrogen) atoms. The number of aliphatic imine (C=N–C) groups is 1. The molecule has 1 aromatic heterocycles. The minimum atomic E-state index is -0.728. The van der Waals surface area contributed by atoms with E-state index in [1.54, 1.807) is 7.05 Å². The first-order chi connectivity index (χ1) is 12.3. The van der Waals surface area contributed by atoms with Gasteiger partial charge in [-0.25, -0.2) is 13.9 Å². The molecule has 4 rings (SSSR count). The Balaban J connectivity index is 1.84. The molecule has 9 nitrogen and oxygen atoms in total. The van der Waals surface area contributed by atoms with E-state index in [4.69, 9.17) is 5.73 Å². The van der Waals surface area contributed by atoms with Gasteiger partial charge in [0.15, 0.2) is 0 Å². The number of imide groups is 1. The van der Waals surface area contributed by atoms with E-state index in [9.17, 15) is 14.4 Å². The molecule has 138 valence electrons. The molecule has 3 heterocycles. The van der Waals surface area contributed by atoms with Gasteiger partial charge >= 0.3 is 12.0 Å². The summed E-state index contributed by atoms with van der Waals surface area (Å²) in [4.78, 5) is 43.8. The summed E-state index contributed by atoms with van der Waals surface area (Å²) in [5, 5.41) is 0. The molecule has 2 N–H and O–H groups in total. The number of nitrogens with two attached hydrogens (primary N) is 1. The van der Waals surface area contributed by atoms with Crippen LogP contribution in [0.1, 0.15) is 49.2 Å². The predicted molar refractivity (Wildman–Crippen MR) is 91.8 cm³/mol. The van der Waals surface area contributed by atoms with Crippen LogP contribution in [0.5, 0.6) is 0 Å². The van der Waals surface area contributed by atoms with Gasteiger partial charge in [0.05, 0.1) is 6.04 Å². The molecule has 4 amide bonds. The van der Waals surface area contributed by atoms with Gasteiger partial charge in [-0.3, -0.25) is 19.4 Å². The first-order valence-corrected chi connectivity index (χ1v) is 8.91. The quantitative estimate of drug-likeness (QED) is 0.793. The van der Waals surface area contributed by atoms with Crippen LogP contribution in [0.15, 0.2) is 4.99 Å². The summed E-state index contributed by atoms with van der Waals surface area (Å²) in [6.07, 6.45) is 4.55. The van der Waals surface area contributed by atoms with Gasteiger partial charge in [-0.15, -0.1) is 0 Å². The Kier molecular flexibility index (Phi) is 3.64. The van der Waals surface area contributed by atoms with Crippen LogP contribution in [0.3, 0.4) is 0 Å². The van der Waals surface area contributed by atoms with E-state index >= 15 is 0 Å². The minimum Gasteiger partial charge on any atom is -0.368 e. The van der Waals surface area contributed by atoms with Crippen LogP contribution in [-0.4, -0.2) is 51.6 Å². The van der Waals surface area contributed by atoms with Crippen molar-refractivity contribution in [3.05, 3.63) is 11.4 Å². The molecule has 0 bridgehead atoms. The smallest absolute Gasteiger partial charge is 0.368 e. The van der Waals surface area contributed by atoms with Crippen molar-refractivity contribution >= 4 is 29.6 Å². The molecule has 0 radical (unpaired) electrons. The Morgan fingerprint density at radius 3 is 2.54 bits per heavy atom. The number of fused-ring (bicyclic) bond motifs is 3. The second-order valence-electron chi connectivity index (χ2n) is 7.25. The highest BCUT2D eigenvalue weighted by molar-refractivity contribution is 6.19. The number of carbonyl (C=O) groups excluding carboxylic acids is 3. The molecule has 0 aromatic carbocycles. The maximum atomic E-state index is 13.0. The summed E-state index contributed by atoms with van der Waals surface area (Å²) < 4.78 is 4.10. The maximum absolute atomic E-state index is 13.0. The van der Waals surface area contributed by atoms with E-state index in [-0.39, 0.29) is 0 Å². The number of rotatable bonds is 3. The van der Waals surface area contributed by atoms with Crippen molar-refractivity contribution in [1.29, 1.82) is 0 Å². The van der Waals surface area contributed by atoms with Crippen molar-refractivity contribution in [3.8, 4) is 0 Å². The predicted octanol–water partition coefficient (Wildman–Crippen LogP) is 0.472. The molecule has 1 atom stereocenters. The van der Waals surface area contributed by atoms with Gasteiger partial charge < -0.3 is 5.73 Å². The summed E-state index contributed by atoms with van der Waals surface area (Å²) >= 11 is 0. The topological polar surface area (TPSA) is 105 Å². The van der Waals surface area contributed by atoms with Crippen LogP contribution in [0.25, 0.3) is 0 Å². The lowest BCUT2D eigenvalue weighted by atomic mass is 10.1. The lowest BCUT2D eigenvalue weighted by Crippen LogP contribution is -2.64. The number of amides is 4. The van der Waals surface area contributed by atoms with Gasteiger partial charge in [-0.2, -0.15) is 0 Å². The van der Waals surface area contributed by atoms with E-state index in [1.165, 1.54) is 17.7 Å². The molecule has 9 heteroatoms. The minimum absolute atomic E-state index is 0.368. The van der Waals surface area contributed by atoms with Gasteiger partial charge in [0.1, 0.15) is 17.9 Å². The molecule has 1 saturated carbocycles. The average molecular weight is 359 g/mol. The van der Waals surface area contributed by atoms with Crippen LogP contribution < -0.4 is 10.3 Å². The Hall–Kier alpha value is -2.71. The van der Waals surface area contributed by atoms with Gasteiger partial charge in [0, 0.05) is 7.05 Å². The van der Waals surface area contributed by atoms with E-state index < -0.39 is 30.4 Å². The van der Waals surface area contributed by atoms with Gasteiger partial charge in [0.25, 0.3) is 5.91 Å². The fourth-order valence-corrected chi connectivity index (χ4v) is 4.36. The monoisotopic (exact) mass is 359 g/mol. The molecule has 3 aliphatic rings. The highest BCUT2D eigenvalue weighted by atomic mass is 16.2. The van der Waals surface area contributed by atoms with Crippen LogP contribution in [0.2, 0.25) is 0 Å². The van der Waals surface area contributed by atoms with E-state index in [0.717, 1.165) is 29.1 Å². The number of hydrogen-bond acceptors (Lipinski definition) is 4. The van der Waals surface area contributed by atoms with Crippen molar-refractivity contribution < 1.29 is 19.0 Å². The summed E-state index contributed by atoms with van der Waals surface area (Å²) in [7, 11) is 1.57. The summed E-state index contributed by atoms with van der Waals surface area (Å²) in [6.45, 7) is 3.57. The number of carbonyl (C=O) groups is 3. The zero-order chi connectivity index (χ0) is 18.7. The Bertz CT molecular complexity index is 864. The normalized spacial score (nSPS) is 22.7. The highest BCUT2D eigenvalue weighted by Gasteiger charge is 2.54. The number of amidine groups is 1. The van der Waals surface area contributed by atoms with Crippen molar-refractivity contribution in [3.63, 3.8) is 0 Å². The lowest BCUT2D eigenvalue weighted by molar-refractivity contribution is -0.683. The fourth-order valence-electron chi connectivity index (χ4n) is 4.36. The van der Waals surface area contributed by atoms with Crippen LogP contribution in [-0.2, 0) is 9.59 Å². The Morgan fingerprint density at radius 1 is 1.27 bits per heavy atom. The van der Waals surface area contributed by atoms with Crippen LogP contribution in [0.4, 0.5) is 10.7 Å². The van der Waals surface area contributed by atoms with E-state index in [0.29, 0.717) is 17.8 Å². The first-order valence-electron chi connectivity index (χ1n) is 8.91. The average Bonchev–Trinajstić information content (AvgIpc) is 3.28. The van der Waals surface area contributed by atoms with Gasteiger partial charge in [-0.1, -0.05) is 4.99 Å². The largest absolute Gasteiger partial charge is 0.402 e. The van der Waals surface area contributed by atoms with Crippen LogP contribution >= 0.6 is 0 Å². The zero-order valence-electron chi connectivity index (χ0n) is 15.2. The standard InChI is InChI=1S/C17H22N6O3/c1-9-10(2)23-13-14(19-16(23)22(9)11-6-4-5-7-11)20(3)17(26)21(15(13)25)8-12(18)24/h11,13H,4-8H2,1-3H3,(H-,18,24)/p+1. The number of hydrogen-bond donors (Lipinski definition) is 1. The number of imidazole rings is 1. The SMILES string of the molecule is Cc1c(C)[n+]2c(n1C1CCCC1)N=C1C2C(=O)N(CC(N)=O)C(=O)N1C. The number of urea groups is 1. The third kappa shape index (κ3) is 2.12. The van der Waals surface area contributed by atoms with Crippen LogP contribution in [0, 0.1) is 13.8 Å². The third-order valence-electron chi connectivity index (χ3n) is 5.76. The van der Waals surface area contributed by atoms with Crippen molar-refractivity contribution in [1.82, 2.24) is 14.4 Å². The highest BCUT2D eigenvalue weighted by Crippen LogP contribution is 2.38. The lowest BCUT2D eigenvalue weighted by Gasteiger charge is -2.32. The second-order valence-corrected chi connectivity index (χ2v) is 7.25. The number of likely N-dealkylation sites (N-methyl/N-ethyl adjacent to an activating group) is 1. The molecule has 1 unspecified atom stereocenters. The van der Waals surface area contributed by atoms with Crippen molar-refractivity contribution in [2.75, 3.05) is 13.6 Å². The molecule has 1 aromatic rings. The Morgan fingerprint density at radius 2 is 1.92 bits per heavy atom. The first kappa shape index (κ1) is 16.7. The van der Waals surface area contributed by atoms with Gasteiger partial charge in [0.2, 0.25) is 17.8 Å². The molecule has 0 spiro atoms. The molecular weight excluding hydrogens is 336 g/mol. The van der Waals surface area contributed by atoms with E-state index in [1.807, 2.05) is 18.4 Å². The Labute approximate surface area is 151 Å². The maximum Gasteiger partial charge on any atom is 0.402 e. The van der Waals surface area contributed by atoms with Crippen molar-refractivity contribution in [2.24, 2.45) is 10.7 Å². The summed E-state index contributed by atoms with van der Waals surface area (Å²) in [6, 6.07) is -0.933. The molecule has 1 saturated heterocycles. The molecule has 2 aliphatic heterocycles. The second kappa shape index (κ2) is 5.65. The third-order valence-corrected chi connectivity index (χ3v) is 5.76. The summed E-state index contributed by atoms with van der Waals surface area (Å²) in [5.74, 6) is -0.0624.